The van der Waals surface area contributed by atoms with Crippen molar-refractivity contribution in [2.24, 2.45) is 0 Å². The molecule has 0 aliphatic heterocycles. The summed E-state index contributed by atoms with van der Waals surface area (Å²) in [6, 6.07) is 17.3. The molecule has 4 rings (SSSR count). The van der Waals surface area contributed by atoms with Gasteiger partial charge in [0.25, 0.3) is 5.56 Å². The highest BCUT2D eigenvalue weighted by molar-refractivity contribution is 7.26. The summed E-state index contributed by atoms with van der Waals surface area (Å²) in [7, 11) is 0. The highest BCUT2D eigenvalue weighted by atomic mass is 35.5. The van der Waals surface area contributed by atoms with E-state index in [1.165, 1.54) is 4.70 Å². The average Bonchev–Trinajstić information content (AvgIpc) is 2.88. The van der Waals surface area contributed by atoms with Gasteiger partial charge in [-0.25, -0.2) is 0 Å². The van der Waals surface area contributed by atoms with E-state index in [4.69, 9.17) is 11.6 Å². The maximum Gasteiger partial charge on any atom is 0.255 e. The molecule has 22 heavy (non-hydrogen) atoms. The third kappa shape index (κ3) is 1.97. The SMILES string of the molecule is Cc1c2sc3ccccc3c2cc(=O)n1-c1ccc(Cl)cc1. The maximum absolute atomic E-state index is 12.6. The molecule has 2 heterocycles. The number of pyridine rings is 1. The van der Waals surface area contributed by atoms with Crippen LogP contribution >= 0.6 is 22.9 Å². The lowest BCUT2D eigenvalue weighted by atomic mass is 10.1. The molecule has 0 saturated carbocycles. The van der Waals surface area contributed by atoms with E-state index in [1.54, 1.807) is 34.1 Å². The van der Waals surface area contributed by atoms with Crippen molar-refractivity contribution < 1.29 is 0 Å². The van der Waals surface area contributed by atoms with Crippen LogP contribution in [0.2, 0.25) is 5.02 Å². The molecule has 0 saturated heterocycles. The molecule has 0 bridgehead atoms. The van der Waals surface area contributed by atoms with Crippen molar-refractivity contribution in [1.29, 1.82) is 0 Å². The molecule has 0 N–H and O–H groups in total. The highest BCUT2D eigenvalue weighted by Crippen LogP contribution is 2.35. The lowest BCUT2D eigenvalue weighted by Crippen LogP contribution is -2.19. The molecule has 0 spiro atoms. The summed E-state index contributed by atoms with van der Waals surface area (Å²) >= 11 is 7.67. The van der Waals surface area contributed by atoms with Gasteiger partial charge in [0, 0.05) is 37.9 Å². The van der Waals surface area contributed by atoms with Crippen molar-refractivity contribution in [3.05, 3.63) is 75.7 Å². The quantitative estimate of drug-likeness (QED) is 0.473. The van der Waals surface area contributed by atoms with E-state index >= 15 is 0 Å². The maximum atomic E-state index is 12.6. The standard InChI is InChI=1S/C18H12ClNOS/c1-11-18-15(14-4-2-3-5-16(14)22-18)10-17(21)20(11)13-8-6-12(19)7-9-13/h2-10H,1H3. The van der Waals surface area contributed by atoms with Crippen LogP contribution in [0, 0.1) is 6.92 Å². The number of hydrogen-bond acceptors (Lipinski definition) is 2. The predicted molar refractivity (Wildman–Crippen MR) is 94.7 cm³/mol. The van der Waals surface area contributed by atoms with Gasteiger partial charge in [-0.1, -0.05) is 29.8 Å². The van der Waals surface area contributed by atoms with Gasteiger partial charge < -0.3 is 0 Å². The molecule has 0 fully saturated rings. The summed E-state index contributed by atoms with van der Waals surface area (Å²) < 4.78 is 4.10. The van der Waals surface area contributed by atoms with E-state index in [0.29, 0.717) is 5.02 Å². The number of rotatable bonds is 1. The molecule has 0 atom stereocenters. The van der Waals surface area contributed by atoms with Gasteiger partial charge in [0.15, 0.2) is 0 Å². The van der Waals surface area contributed by atoms with Crippen molar-refractivity contribution >= 4 is 43.1 Å². The van der Waals surface area contributed by atoms with Gasteiger partial charge in [0.2, 0.25) is 0 Å². The molecule has 108 valence electrons. The molecular weight excluding hydrogens is 314 g/mol. The van der Waals surface area contributed by atoms with Gasteiger partial charge in [-0.15, -0.1) is 11.3 Å². The second-order valence-electron chi connectivity index (χ2n) is 5.22. The van der Waals surface area contributed by atoms with Crippen LogP contribution in [0.5, 0.6) is 0 Å². The van der Waals surface area contributed by atoms with E-state index in [2.05, 4.69) is 12.1 Å². The van der Waals surface area contributed by atoms with E-state index in [9.17, 15) is 4.79 Å². The van der Waals surface area contributed by atoms with Crippen LogP contribution < -0.4 is 5.56 Å². The topological polar surface area (TPSA) is 22.0 Å². The summed E-state index contributed by atoms with van der Waals surface area (Å²) in [6.45, 7) is 1.99. The number of thiophene rings is 1. The molecule has 2 nitrogen and oxygen atoms in total. The van der Waals surface area contributed by atoms with Crippen LogP contribution in [0.1, 0.15) is 5.69 Å². The summed E-state index contributed by atoms with van der Waals surface area (Å²) in [5, 5.41) is 2.84. The number of hydrogen-bond donors (Lipinski definition) is 0. The average molecular weight is 326 g/mol. The van der Waals surface area contributed by atoms with E-state index < -0.39 is 0 Å². The van der Waals surface area contributed by atoms with Crippen molar-refractivity contribution in [2.45, 2.75) is 6.92 Å². The monoisotopic (exact) mass is 325 g/mol. The molecule has 0 radical (unpaired) electrons. The number of benzene rings is 2. The minimum absolute atomic E-state index is 0.0177. The Morgan fingerprint density at radius 2 is 1.73 bits per heavy atom. The minimum Gasteiger partial charge on any atom is -0.280 e. The number of aryl methyl sites for hydroxylation is 1. The molecule has 2 aromatic heterocycles. The summed E-state index contributed by atoms with van der Waals surface area (Å²) in [5.41, 5.74) is 1.79. The van der Waals surface area contributed by atoms with E-state index in [0.717, 1.165) is 26.9 Å². The highest BCUT2D eigenvalue weighted by Gasteiger charge is 2.13. The zero-order chi connectivity index (χ0) is 15.3. The van der Waals surface area contributed by atoms with Crippen LogP contribution in [0.25, 0.3) is 25.9 Å². The van der Waals surface area contributed by atoms with Gasteiger partial charge in [0.1, 0.15) is 0 Å². The summed E-state index contributed by atoms with van der Waals surface area (Å²) in [5.74, 6) is 0. The fourth-order valence-electron chi connectivity index (χ4n) is 2.84. The van der Waals surface area contributed by atoms with Gasteiger partial charge in [-0.05, 0) is 37.3 Å². The van der Waals surface area contributed by atoms with Crippen molar-refractivity contribution in [3.8, 4) is 5.69 Å². The van der Waals surface area contributed by atoms with E-state index in [-0.39, 0.29) is 5.56 Å². The van der Waals surface area contributed by atoms with Crippen molar-refractivity contribution in [2.75, 3.05) is 0 Å². The third-order valence-electron chi connectivity index (χ3n) is 3.87. The Morgan fingerprint density at radius 1 is 1.00 bits per heavy atom. The molecule has 0 unspecified atom stereocenters. The van der Waals surface area contributed by atoms with Crippen molar-refractivity contribution in [1.82, 2.24) is 4.57 Å². The Bertz CT molecular complexity index is 1060. The minimum atomic E-state index is -0.0177. The second kappa shape index (κ2) is 4.97. The Balaban J connectivity index is 2.10. The van der Waals surface area contributed by atoms with Gasteiger partial charge in [0.05, 0.1) is 4.70 Å². The van der Waals surface area contributed by atoms with Crippen LogP contribution in [0.3, 0.4) is 0 Å². The molecule has 0 amide bonds. The Labute approximate surface area is 136 Å². The zero-order valence-corrected chi connectivity index (χ0v) is 13.4. The lowest BCUT2D eigenvalue weighted by molar-refractivity contribution is 0.954. The zero-order valence-electron chi connectivity index (χ0n) is 11.8. The van der Waals surface area contributed by atoms with Crippen LogP contribution in [-0.2, 0) is 0 Å². The number of fused-ring (bicyclic) bond motifs is 3. The first-order chi connectivity index (χ1) is 10.6. The lowest BCUT2D eigenvalue weighted by Gasteiger charge is -2.10. The van der Waals surface area contributed by atoms with Crippen LogP contribution in [0.15, 0.2) is 59.4 Å². The fraction of sp³-hybridized carbons (Fsp3) is 0.0556. The molecule has 4 heteroatoms. The first-order valence-corrected chi connectivity index (χ1v) is 8.14. The first-order valence-electron chi connectivity index (χ1n) is 6.95. The normalized spacial score (nSPS) is 11.4. The smallest absolute Gasteiger partial charge is 0.255 e. The molecule has 0 aliphatic carbocycles. The van der Waals surface area contributed by atoms with Crippen molar-refractivity contribution in [3.63, 3.8) is 0 Å². The Hall–Kier alpha value is -2.10. The molecule has 0 aliphatic rings. The number of nitrogens with zero attached hydrogens (tertiary/aromatic N) is 1. The Kier molecular flexibility index (Phi) is 3.06. The van der Waals surface area contributed by atoms with Gasteiger partial charge in [-0.3, -0.25) is 9.36 Å². The Morgan fingerprint density at radius 3 is 2.50 bits per heavy atom. The fourth-order valence-corrected chi connectivity index (χ4v) is 4.14. The van der Waals surface area contributed by atoms with Crippen LogP contribution in [0.4, 0.5) is 0 Å². The summed E-state index contributed by atoms with van der Waals surface area (Å²) in [6.07, 6.45) is 0. The van der Waals surface area contributed by atoms with Crippen LogP contribution in [-0.4, -0.2) is 4.57 Å². The van der Waals surface area contributed by atoms with E-state index in [1.807, 2.05) is 31.2 Å². The van der Waals surface area contributed by atoms with Gasteiger partial charge >= 0.3 is 0 Å². The first kappa shape index (κ1) is 13.6. The number of halogens is 1. The second-order valence-corrected chi connectivity index (χ2v) is 6.71. The molecule has 4 aromatic rings. The van der Waals surface area contributed by atoms with Gasteiger partial charge in [-0.2, -0.15) is 0 Å². The largest absolute Gasteiger partial charge is 0.280 e. The number of aromatic nitrogens is 1. The predicted octanol–water partition coefficient (Wildman–Crippen LogP) is 5.17. The molecular formula is C18H12ClNOS. The summed E-state index contributed by atoms with van der Waals surface area (Å²) in [4.78, 5) is 12.6. The molecule has 2 aromatic carbocycles. The third-order valence-corrected chi connectivity index (χ3v) is 5.42.